The summed E-state index contributed by atoms with van der Waals surface area (Å²) in [7, 11) is 0. The van der Waals surface area contributed by atoms with Gasteiger partial charge in [-0.3, -0.25) is 0 Å². The predicted octanol–water partition coefficient (Wildman–Crippen LogP) is 3.07. The Hall–Kier alpha value is -1.33. The molecule has 0 unspecified atom stereocenters. The average molecular weight is 229 g/mol. The van der Waals surface area contributed by atoms with Crippen LogP contribution in [-0.4, -0.2) is 13.2 Å². The van der Waals surface area contributed by atoms with Gasteiger partial charge in [0.1, 0.15) is 0 Å². The number of benzene rings is 1. The Balaban J connectivity index is 2.39. The topological polar surface area (TPSA) is 33.0 Å². The Morgan fingerprint density at radius 3 is 2.24 bits per heavy atom. The average Bonchev–Trinajstić information content (AvgIpc) is 2.28. The first-order valence-electron chi connectivity index (χ1n) is 6.14. The lowest BCUT2D eigenvalue weighted by atomic mass is 9.61. The van der Waals surface area contributed by atoms with E-state index < -0.39 is 0 Å². The van der Waals surface area contributed by atoms with Gasteiger partial charge in [0.05, 0.1) is 30.1 Å². The fourth-order valence-corrected chi connectivity index (χ4v) is 2.36. The summed E-state index contributed by atoms with van der Waals surface area (Å²) >= 11 is 0. The van der Waals surface area contributed by atoms with E-state index in [1.165, 1.54) is 11.1 Å². The highest BCUT2D eigenvalue weighted by Crippen LogP contribution is 2.46. The molecule has 1 aliphatic heterocycles. The van der Waals surface area contributed by atoms with Crippen LogP contribution in [-0.2, 0) is 16.6 Å². The molecule has 2 heteroatoms. The lowest BCUT2D eigenvalue weighted by Gasteiger charge is -2.49. The maximum absolute atomic E-state index is 9.35. The molecule has 0 radical (unpaired) electrons. The van der Waals surface area contributed by atoms with Gasteiger partial charge in [-0.25, -0.2) is 0 Å². The van der Waals surface area contributed by atoms with Crippen molar-refractivity contribution in [3.63, 3.8) is 0 Å². The number of ether oxygens (including phenoxy) is 1. The third-order valence-corrected chi connectivity index (χ3v) is 4.09. The van der Waals surface area contributed by atoms with Crippen LogP contribution in [0.25, 0.3) is 0 Å². The smallest absolute Gasteiger partial charge is 0.0695 e. The van der Waals surface area contributed by atoms with E-state index >= 15 is 0 Å². The highest BCUT2D eigenvalue weighted by Gasteiger charge is 2.52. The first kappa shape index (κ1) is 12.1. The Bertz CT molecular complexity index is 435. The van der Waals surface area contributed by atoms with Crippen molar-refractivity contribution in [3.05, 3.63) is 35.4 Å². The van der Waals surface area contributed by atoms with Gasteiger partial charge in [0.25, 0.3) is 0 Å². The number of hydrogen-bond donors (Lipinski definition) is 0. The van der Waals surface area contributed by atoms with Crippen molar-refractivity contribution in [2.24, 2.45) is 5.41 Å². The van der Waals surface area contributed by atoms with E-state index in [4.69, 9.17) is 4.74 Å². The molecule has 0 aliphatic carbocycles. The van der Waals surface area contributed by atoms with Crippen molar-refractivity contribution in [1.29, 1.82) is 5.26 Å². The van der Waals surface area contributed by atoms with E-state index in [0.717, 1.165) is 6.42 Å². The maximum atomic E-state index is 9.35. The van der Waals surface area contributed by atoms with Gasteiger partial charge in [-0.15, -0.1) is 0 Å². The molecule has 90 valence electrons. The zero-order valence-corrected chi connectivity index (χ0v) is 10.8. The molecule has 1 saturated heterocycles. The van der Waals surface area contributed by atoms with Crippen molar-refractivity contribution >= 4 is 0 Å². The van der Waals surface area contributed by atoms with E-state index in [0.29, 0.717) is 13.2 Å². The van der Waals surface area contributed by atoms with Gasteiger partial charge < -0.3 is 4.74 Å². The van der Waals surface area contributed by atoms with Gasteiger partial charge in [0.2, 0.25) is 0 Å². The Morgan fingerprint density at radius 1 is 1.29 bits per heavy atom. The van der Waals surface area contributed by atoms with Crippen LogP contribution in [0.15, 0.2) is 24.3 Å². The first-order valence-corrected chi connectivity index (χ1v) is 6.14. The van der Waals surface area contributed by atoms with E-state index in [9.17, 15) is 5.26 Å². The Labute approximate surface area is 103 Å². The number of rotatable bonds is 3. The molecule has 1 aromatic carbocycles. The van der Waals surface area contributed by atoms with Crippen molar-refractivity contribution in [3.8, 4) is 6.07 Å². The first-order chi connectivity index (χ1) is 8.05. The van der Waals surface area contributed by atoms with Crippen molar-refractivity contribution in [2.45, 2.75) is 32.6 Å². The summed E-state index contributed by atoms with van der Waals surface area (Å²) in [6.45, 7) is 7.46. The largest absolute Gasteiger partial charge is 0.379 e. The molecule has 0 bridgehead atoms. The maximum Gasteiger partial charge on any atom is 0.0695 e. The molecule has 1 aliphatic rings. The molecule has 1 heterocycles. The quantitative estimate of drug-likeness (QED) is 0.798. The minimum absolute atomic E-state index is 0.131. The van der Waals surface area contributed by atoms with Crippen LogP contribution in [0.1, 0.15) is 31.9 Å². The fraction of sp³-hybridized carbons (Fsp3) is 0.533. The molecule has 2 rings (SSSR count). The highest BCUT2D eigenvalue weighted by molar-refractivity contribution is 5.36. The number of nitrogens with zero attached hydrogens (tertiary/aromatic N) is 1. The van der Waals surface area contributed by atoms with Crippen LogP contribution in [0.3, 0.4) is 0 Å². The van der Waals surface area contributed by atoms with E-state index in [1.54, 1.807) is 0 Å². The van der Waals surface area contributed by atoms with Gasteiger partial charge in [-0.05, 0) is 31.4 Å². The van der Waals surface area contributed by atoms with Crippen molar-refractivity contribution in [2.75, 3.05) is 13.2 Å². The third kappa shape index (κ3) is 1.75. The summed E-state index contributed by atoms with van der Waals surface area (Å²) in [6.07, 6.45) is 1.05. The van der Waals surface area contributed by atoms with E-state index in [1.807, 2.05) is 13.8 Å². The lowest BCUT2D eigenvalue weighted by molar-refractivity contribution is -0.102. The van der Waals surface area contributed by atoms with Gasteiger partial charge >= 0.3 is 0 Å². The van der Waals surface area contributed by atoms with Crippen LogP contribution in [0.2, 0.25) is 0 Å². The monoisotopic (exact) mass is 229 g/mol. The summed E-state index contributed by atoms with van der Waals surface area (Å²) in [5, 5.41) is 9.35. The van der Waals surface area contributed by atoms with Gasteiger partial charge in [-0.1, -0.05) is 31.2 Å². The van der Waals surface area contributed by atoms with Crippen molar-refractivity contribution in [1.82, 2.24) is 0 Å². The van der Waals surface area contributed by atoms with Crippen LogP contribution in [0.4, 0.5) is 0 Å². The van der Waals surface area contributed by atoms with Crippen molar-refractivity contribution < 1.29 is 4.74 Å². The summed E-state index contributed by atoms with van der Waals surface area (Å²) in [6, 6.07) is 11.0. The van der Waals surface area contributed by atoms with Crippen LogP contribution in [0, 0.1) is 16.7 Å². The molecule has 17 heavy (non-hydrogen) atoms. The molecule has 0 saturated carbocycles. The summed E-state index contributed by atoms with van der Waals surface area (Å²) < 4.78 is 5.39. The molecule has 2 nitrogen and oxygen atoms in total. The standard InChI is InChI=1S/C15H19NO/c1-4-12-5-7-13(8-6-12)15(10-17-11-15)14(2,3)9-16/h5-8H,4,10-11H2,1-3H3. The zero-order valence-electron chi connectivity index (χ0n) is 10.8. The molecule has 1 fully saturated rings. The third-order valence-electron chi connectivity index (χ3n) is 4.09. The van der Waals surface area contributed by atoms with Crippen LogP contribution in [0.5, 0.6) is 0 Å². The molecule has 0 N–H and O–H groups in total. The molecule has 0 atom stereocenters. The molecule has 0 aromatic heterocycles. The van der Waals surface area contributed by atoms with Gasteiger partial charge in [0.15, 0.2) is 0 Å². The molecule has 0 spiro atoms. The summed E-state index contributed by atoms with van der Waals surface area (Å²) in [5.74, 6) is 0. The Morgan fingerprint density at radius 2 is 1.88 bits per heavy atom. The van der Waals surface area contributed by atoms with Crippen LogP contribution < -0.4 is 0 Å². The second kappa shape index (κ2) is 4.16. The number of aryl methyl sites for hydroxylation is 1. The van der Waals surface area contributed by atoms with E-state index in [2.05, 4.69) is 37.3 Å². The molecular weight excluding hydrogens is 210 g/mol. The predicted molar refractivity (Wildman–Crippen MR) is 67.7 cm³/mol. The molecule has 0 amide bonds. The lowest BCUT2D eigenvalue weighted by Crippen LogP contribution is -2.56. The molecule has 1 aromatic rings. The van der Waals surface area contributed by atoms with Gasteiger partial charge in [-0.2, -0.15) is 5.26 Å². The minimum Gasteiger partial charge on any atom is -0.379 e. The number of nitriles is 1. The fourth-order valence-electron chi connectivity index (χ4n) is 2.36. The Kier molecular flexibility index (Phi) is 2.97. The van der Waals surface area contributed by atoms with E-state index in [-0.39, 0.29) is 10.8 Å². The second-order valence-electron chi connectivity index (χ2n) is 5.36. The van der Waals surface area contributed by atoms with Gasteiger partial charge in [0, 0.05) is 0 Å². The second-order valence-corrected chi connectivity index (χ2v) is 5.36. The summed E-state index contributed by atoms with van der Waals surface area (Å²) in [5.41, 5.74) is 2.04. The SMILES string of the molecule is CCc1ccc(C2(C(C)(C)C#N)COC2)cc1. The normalized spacial score (nSPS) is 18.2. The van der Waals surface area contributed by atoms with Crippen LogP contribution >= 0.6 is 0 Å². The summed E-state index contributed by atoms with van der Waals surface area (Å²) in [4.78, 5) is 0. The number of hydrogen-bond acceptors (Lipinski definition) is 2. The minimum atomic E-state index is -0.390. The highest BCUT2D eigenvalue weighted by atomic mass is 16.5. The molecular formula is C15H19NO. The zero-order chi connectivity index (χ0) is 12.5.